The van der Waals surface area contributed by atoms with Gasteiger partial charge in [-0.15, -0.1) is 0 Å². The summed E-state index contributed by atoms with van der Waals surface area (Å²) in [6.07, 6.45) is 0.147. The Kier molecular flexibility index (Phi) is 6.78. The van der Waals surface area contributed by atoms with Crippen molar-refractivity contribution in [2.75, 3.05) is 12.4 Å². The van der Waals surface area contributed by atoms with Gasteiger partial charge in [0.1, 0.15) is 5.75 Å². The molecule has 0 unspecified atom stereocenters. The first-order chi connectivity index (χ1) is 12.7. The fourth-order valence-electron chi connectivity index (χ4n) is 3.19. The molecular formula is C23H29NO3. The van der Waals surface area contributed by atoms with Gasteiger partial charge in [0.2, 0.25) is 5.91 Å². The smallest absolute Gasteiger partial charge is 0.228 e. The Hall–Kier alpha value is -2.62. The zero-order chi connectivity index (χ0) is 20.1. The van der Waals surface area contributed by atoms with Gasteiger partial charge in [-0.2, -0.15) is 0 Å². The Labute approximate surface area is 161 Å². The molecule has 0 aliphatic heterocycles. The van der Waals surface area contributed by atoms with E-state index in [1.807, 2.05) is 6.07 Å². The minimum absolute atomic E-state index is 0.0356. The van der Waals surface area contributed by atoms with E-state index in [9.17, 15) is 9.59 Å². The van der Waals surface area contributed by atoms with Crippen molar-refractivity contribution in [2.24, 2.45) is 0 Å². The molecule has 0 spiro atoms. The van der Waals surface area contributed by atoms with Crippen molar-refractivity contribution in [3.63, 3.8) is 0 Å². The third kappa shape index (κ3) is 4.97. The molecule has 0 saturated heterocycles. The van der Waals surface area contributed by atoms with Crippen LogP contribution in [0.1, 0.15) is 73.5 Å². The third-order valence-electron chi connectivity index (χ3n) is 4.68. The van der Waals surface area contributed by atoms with Gasteiger partial charge in [-0.1, -0.05) is 45.9 Å². The van der Waals surface area contributed by atoms with E-state index in [1.165, 1.54) is 6.92 Å². The van der Waals surface area contributed by atoms with Crippen molar-refractivity contribution in [2.45, 2.75) is 52.9 Å². The quantitative estimate of drug-likeness (QED) is 0.673. The summed E-state index contributed by atoms with van der Waals surface area (Å²) >= 11 is 0. The lowest BCUT2D eigenvalue weighted by atomic mass is 9.92. The van der Waals surface area contributed by atoms with Crippen LogP contribution in [0.15, 0.2) is 36.4 Å². The molecular weight excluding hydrogens is 338 g/mol. The Morgan fingerprint density at radius 2 is 1.59 bits per heavy atom. The summed E-state index contributed by atoms with van der Waals surface area (Å²) in [7, 11) is 1.56. The number of nitrogens with one attached hydrogen (secondary N) is 1. The van der Waals surface area contributed by atoms with E-state index in [2.05, 4.69) is 45.1 Å². The normalized spacial score (nSPS) is 11.0. The third-order valence-corrected chi connectivity index (χ3v) is 4.68. The molecule has 144 valence electrons. The summed E-state index contributed by atoms with van der Waals surface area (Å²) in [5, 5.41) is 3.11. The predicted molar refractivity (Wildman–Crippen MR) is 110 cm³/mol. The fourth-order valence-corrected chi connectivity index (χ4v) is 3.19. The molecule has 1 N–H and O–H groups in total. The lowest BCUT2D eigenvalue weighted by Gasteiger charge is -2.20. The van der Waals surface area contributed by atoms with Crippen LogP contribution >= 0.6 is 0 Å². The van der Waals surface area contributed by atoms with Crippen molar-refractivity contribution in [1.29, 1.82) is 0 Å². The lowest BCUT2D eigenvalue weighted by Crippen LogP contribution is -2.18. The second kappa shape index (κ2) is 8.85. The van der Waals surface area contributed by atoms with Gasteiger partial charge in [0.15, 0.2) is 5.78 Å². The molecule has 2 aromatic carbocycles. The van der Waals surface area contributed by atoms with Crippen LogP contribution in [0.4, 0.5) is 5.69 Å². The molecule has 2 aromatic rings. The van der Waals surface area contributed by atoms with Crippen LogP contribution in [0, 0.1) is 0 Å². The number of rotatable bonds is 7. The van der Waals surface area contributed by atoms with E-state index in [0.717, 1.165) is 16.8 Å². The van der Waals surface area contributed by atoms with Crippen molar-refractivity contribution in [3.05, 3.63) is 58.7 Å². The molecule has 0 fully saturated rings. The number of anilines is 1. The number of ether oxygens (including phenoxy) is 1. The van der Waals surface area contributed by atoms with Crippen LogP contribution in [0.2, 0.25) is 0 Å². The molecule has 0 radical (unpaired) electrons. The fraction of sp³-hybridized carbons (Fsp3) is 0.391. The number of carbonyl (C=O) groups is 2. The van der Waals surface area contributed by atoms with E-state index < -0.39 is 0 Å². The van der Waals surface area contributed by atoms with Crippen LogP contribution < -0.4 is 10.1 Å². The number of amides is 1. The minimum atomic E-state index is -0.121. The largest absolute Gasteiger partial charge is 0.496 e. The molecule has 0 aliphatic rings. The van der Waals surface area contributed by atoms with Gasteiger partial charge in [-0.3, -0.25) is 9.59 Å². The maximum atomic E-state index is 12.8. The summed E-state index contributed by atoms with van der Waals surface area (Å²) in [5.74, 6) is 1.05. The van der Waals surface area contributed by atoms with E-state index in [-0.39, 0.29) is 18.1 Å². The first-order valence-corrected chi connectivity index (χ1v) is 9.35. The van der Waals surface area contributed by atoms with Gasteiger partial charge in [0, 0.05) is 16.8 Å². The number of carbonyl (C=O) groups excluding carboxylic acids is 2. The van der Waals surface area contributed by atoms with E-state index in [1.54, 1.807) is 25.3 Å². The van der Waals surface area contributed by atoms with Gasteiger partial charge >= 0.3 is 0 Å². The predicted octanol–water partition coefficient (Wildman–Crippen LogP) is 5.33. The molecule has 2 rings (SSSR count). The number of benzene rings is 2. The Balaban J connectivity index is 2.34. The van der Waals surface area contributed by atoms with Gasteiger partial charge < -0.3 is 10.1 Å². The monoisotopic (exact) mass is 367 g/mol. The molecule has 0 saturated carbocycles. The van der Waals surface area contributed by atoms with Gasteiger partial charge in [-0.25, -0.2) is 0 Å². The second-order valence-electron chi connectivity index (χ2n) is 7.43. The summed E-state index contributed by atoms with van der Waals surface area (Å²) in [5.41, 5.74) is 4.42. The van der Waals surface area contributed by atoms with Gasteiger partial charge in [-0.05, 0) is 48.1 Å². The lowest BCUT2D eigenvalue weighted by molar-refractivity contribution is -0.115. The van der Waals surface area contributed by atoms with Crippen LogP contribution in [0.25, 0.3) is 0 Å². The molecule has 4 heteroatoms. The zero-order valence-electron chi connectivity index (χ0n) is 17.1. The Morgan fingerprint density at radius 3 is 2.07 bits per heavy atom. The van der Waals surface area contributed by atoms with Crippen LogP contribution in [0.5, 0.6) is 5.75 Å². The highest BCUT2D eigenvalue weighted by Crippen LogP contribution is 2.32. The first kappa shape index (κ1) is 20.7. The molecule has 0 atom stereocenters. The molecule has 0 bridgehead atoms. The first-order valence-electron chi connectivity index (χ1n) is 9.35. The van der Waals surface area contributed by atoms with Gasteiger partial charge in [0.05, 0.1) is 13.5 Å². The van der Waals surface area contributed by atoms with E-state index in [4.69, 9.17) is 4.74 Å². The molecule has 0 heterocycles. The van der Waals surface area contributed by atoms with Crippen LogP contribution in [-0.2, 0) is 11.2 Å². The number of hydrogen-bond acceptors (Lipinski definition) is 3. The van der Waals surface area contributed by atoms with Crippen LogP contribution in [0.3, 0.4) is 0 Å². The highest BCUT2D eigenvalue weighted by molar-refractivity contribution is 5.96. The van der Waals surface area contributed by atoms with E-state index >= 15 is 0 Å². The Morgan fingerprint density at radius 1 is 1.00 bits per heavy atom. The van der Waals surface area contributed by atoms with E-state index in [0.29, 0.717) is 28.7 Å². The number of para-hydroxylation sites is 1. The Bertz CT molecular complexity index is 811. The summed E-state index contributed by atoms with van der Waals surface area (Å²) in [6, 6.07) is 11.3. The summed E-state index contributed by atoms with van der Waals surface area (Å²) < 4.78 is 5.36. The van der Waals surface area contributed by atoms with Crippen LogP contribution in [-0.4, -0.2) is 18.8 Å². The second-order valence-corrected chi connectivity index (χ2v) is 7.43. The average molecular weight is 367 g/mol. The number of Topliss-reactive ketones (excluding diaryl/α,β-unsaturated/α-hetero) is 1. The standard InChI is InChI=1S/C23H29NO3/c1-14(2)19-8-7-9-20(15(3)4)23(19)24-22(26)13-18-12-17(16(5)25)10-11-21(18)27-6/h7-12,14-15H,13H2,1-6H3,(H,24,26). The van der Waals surface area contributed by atoms with Crippen molar-refractivity contribution >= 4 is 17.4 Å². The minimum Gasteiger partial charge on any atom is -0.496 e. The van der Waals surface area contributed by atoms with Crippen molar-refractivity contribution in [1.82, 2.24) is 0 Å². The molecule has 0 aliphatic carbocycles. The SMILES string of the molecule is COc1ccc(C(C)=O)cc1CC(=O)Nc1c(C(C)C)cccc1C(C)C. The van der Waals surface area contributed by atoms with Crippen molar-refractivity contribution < 1.29 is 14.3 Å². The molecule has 0 aromatic heterocycles. The number of ketones is 1. The maximum absolute atomic E-state index is 12.8. The molecule has 27 heavy (non-hydrogen) atoms. The zero-order valence-corrected chi connectivity index (χ0v) is 17.1. The highest BCUT2D eigenvalue weighted by atomic mass is 16.5. The summed E-state index contributed by atoms with van der Waals surface area (Å²) in [6.45, 7) is 9.99. The van der Waals surface area contributed by atoms with Crippen molar-refractivity contribution in [3.8, 4) is 5.75 Å². The molecule has 1 amide bonds. The maximum Gasteiger partial charge on any atom is 0.228 e. The number of hydrogen-bond donors (Lipinski definition) is 1. The molecule has 4 nitrogen and oxygen atoms in total. The van der Waals surface area contributed by atoms with Gasteiger partial charge in [0.25, 0.3) is 0 Å². The summed E-state index contributed by atoms with van der Waals surface area (Å²) in [4.78, 5) is 24.5. The highest BCUT2D eigenvalue weighted by Gasteiger charge is 2.17. The average Bonchev–Trinajstić information content (AvgIpc) is 2.61. The topological polar surface area (TPSA) is 55.4 Å². The number of methoxy groups -OCH3 is 1.